The predicted molar refractivity (Wildman–Crippen MR) is 86.3 cm³/mol. The second-order valence-corrected chi connectivity index (χ2v) is 7.02. The molecule has 2 rings (SSSR count). The van der Waals surface area contributed by atoms with Gasteiger partial charge in [0.1, 0.15) is 10.6 Å². The minimum atomic E-state index is -4.06. The van der Waals surface area contributed by atoms with Crippen molar-refractivity contribution >= 4 is 15.8 Å². The molecular formula is C16H17NO5S. The van der Waals surface area contributed by atoms with Gasteiger partial charge in [-0.1, -0.05) is 17.7 Å². The molecule has 0 atom stereocenters. The van der Waals surface area contributed by atoms with E-state index in [0.717, 1.165) is 5.56 Å². The van der Waals surface area contributed by atoms with Gasteiger partial charge in [-0.25, -0.2) is 0 Å². The summed E-state index contributed by atoms with van der Waals surface area (Å²) in [6, 6.07) is 7.25. The van der Waals surface area contributed by atoms with Crippen LogP contribution in [0.15, 0.2) is 35.2 Å². The highest BCUT2D eigenvalue weighted by Gasteiger charge is 2.22. The average Bonchev–Trinajstić information content (AvgIpc) is 2.42. The Labute approximate surface area is 135 Å². The van der Waals surface area contributed by atoms with Crippen LogP contribution in [0.25, 0.3) is 0 Å². The van der Waals surface area contributed by atoms with Crippen LogP contribution in [0.3, 0.4) is 0 Å². The molecule has 0 aliphatic rings. The second-order valence-electron chi connectivity index (χ2n) is 5.47. The van der Waals surface area contributed by atoms with Gasteiger partial charge in [-0.05, 0) is 51.0 Å². The van der Waals surface area contributed by atoms with E-state index in [1.807, 2.05) is 19.1 Å². The summed E-state index contributed by atoms with van der Waals surface area (Å²) in [7, 11) is -4.06. The molecule has 0 aromatic heterocycles. The van der Waals surface area contributed by atoms with Gasteiger partial charge in [-0.3, -0.25) is 10.1 Å². The number of nitro groups is 1. The maximum atomic E-state index is 12.4. The second kappa shape index (κ2) is 6.00. The molecule has 2 aromatic carbocycles. The van der Waals surface area contributed by atoms with Crippen molar-refractivity contribution in [2.24, 2.45) is 0 Å². The highest BCUT2D eigenvalue weighted by molar-refractivity contribution is 7.87. The molecule has 0 saturated heterocycles. The average molecular weight is 335 g/mol. The van der Waals surface area contributed by atoms with Gasteiger partial charge in [0, 0.05) is 11.6 Å². The standard InChI is InChI=1S/C16H17NO5S/c1-10-7-12(3)16(13(4)8-10)22-23(20,21)14-5-6-15(17(18)19)11(2)9-14/h5-9H,1-4H3. The van der Waals surface area contributed by atoms with Gasteiger partial charge >= 0.3 is 10.1 Å². The van der Waals surface area contributed by atoms with Crippen molar-refractivity contribution in [2.75, 3.05) is 0 Å². The van der Waals surface area contributed by atoms with Crippen molar-refractivity contribution in [2.45, 2.75) is 32.6 Å². The first kappa shape index (κ1) is 17.0. The highest BCUT2D eigenvalue weighted by atomic mass is 32.2. The van der Waals surface area contributed by atoms with E-state index >= 15 is 0 Å². The number of nitrogens with zero attached hydrogens (tertiary/aromatic N) is 1. The maximum Gasteiger partial charge on any atom is 0.339 e. The Balaban J connectivity index is 2.44. The Hall–Kier alpha value is -2.41. The third kappa shape index (κ3) is 3.50. The van der Waals surface area contributed by atoms with E-state index in [-0.39, 0.29) is 21.9 Å². The highest BCUT2D eigenvalue weighted by Crippen LogP contribution is 2.29. The third-order valence-electron chi connectivity index (χ3n) is 3.45. The molecule has 0 heterocycles. The summed E-state index contributed by atoms with van der Waals surface area (Å²) >= 11 is 0. The molecule has 0 N–H and O–H groups in total. The maximum absolute atomic E-state index is 12.4. The summed E-state index contributed by atoms with van der Waals surface area (Å²) in [5.41, 5.74) is 2.56. The lowest BCUT2D eigenvalue weighted by atomic mass is 10.1. The predicted octanol–water partition coefficient (Wildman–Crippen LogP) is 3.60. The van der Waals surface area contributed by atoms with Crippen LogP contribution in [-0.4, -0.2) is 13.3 Å². The van der Waals surface area contributed by atoms with Crippen LogP contribution in [0.1, 0.15) is 22.3 Å². The van der Waals surface area contributed by atoms with Crippen LogP contribution in [-0.2, 0) is 10.1 Å². The molecule has 122 valence electrons. The monoisotopic (exact) mass is 335 g/mol. The first-order valence-corrected chi connectivity index (χ1v) is 8.30. The van der Waals surface area contributed by atoms with Gasteiger partial charge < -0.3 is 4.18 Å². The van der Waals surface area contributed by atoms with E-state index in [9.17, 15) is 18.5 Å². The quantitative estimate of drug-likeness (QED) is 0.484. The molecule has 0 radical (unpaired) electrons. The lowest BCUT2D eigenvalue weighted by molar-refractivity contribution is -0.385. The largest absolute Gasteiger partial charge is 0.378 e. The van der Waals surface area contributed by atoms with Crippen molar-refractivity contribution in [3.05, 3.63) is 62.7 Å². The van der Waals surface area contributed by atoms with E-state index < -0.39 is 15.0 Å². The van der Waals surface area contributed by atoms with Crippen molar-refractivity contribution in [3.8, 4) is 5.75 Å². The van der Waals surface area contributed by atoms with Gasteiger partial charge in [0.2, 0.25) is 0 Å². The SMILES string of the molecule is Cc1cc(C)c(OS(=O)(=O)c2ccc([N+](=O)[O-])c(C)c2)c(C)c1. The summed E-state index contributed by atoms with van der Waals surface area (Å²) in [5.74, 6) is 0.284. The molecule has 0 spiro atoms. The molecule has 23 heavy (non-hydrogen) atoms. The molecule has 2 aromatic rings. The fourth-order valence-electron chi connectivity index (χ4n) is 2.44. The van der Waals surface area contributed by atoms with Crippen molar-refractivity contribution < 1.29 is 17.5 Å². The van der Waals surface area contributed by atoms with Gasteiger partial charge in [-0.15, -0.1) is 0 Å². The summed E-state index contributed by atoms with van der Waals surface area (Å²) in [6.45, 7) is 6.94. The zero-order chi connectivity index (χ0) is 17.4. The molecule has 0 bridgehead atoms. The van der Waals surface area contributed by atoms with E-state index in [0.29, 0.717) is 11.1 Å². The molecule has 0 saturated carbocycles. The van der Waals surface area contributed by atoms with Crippen LogP contribution in [0.4, 0.5) is 5.69 Å². The molecule has 0 aliphatic heterocycles. The fraction of sp³-hybridized carbons (Fsp3) is 0.250. The minimum absolute atomic E-state index is 0.111. The minimum Gasteiger partial charge on any atom is -0.378 e. The van der Waals surface area contributed by atoms with Gasteiger partial charge in [-0.2, -0.15) is 8.42 Å². The fourth-order valence-corrected chi connectivity index (χ4v) is 3.58. The zero-order valence-electron chi connectivity index (χ0n) is 13.3. The molecule has 0 fully saturated rings. The smallest absolute Gasteiger partial charge is 0.339 e. The number of nitro benzene ring substituents is 1. The number of benzene rings is 2. The van der Waals surface area contributed by atoms with Gasteiger partial charge in [0.25, 0.3) is 5.69 Å². The summed E-state index contributed by atoms with van der Waals surface area (Å²) < 4.78 is 30.1. The summed E-state index contributed by atoms with van der Waals surface area (Å²) in [6.07, 6.45) is 0. The molecule has 0 aliphatic carbocycles. The van der Waals surface area contributed by atoms with Crippen LogP contribution in [0.5, 0.6) is 5.75 Å². The van der Waals surface area contributed by atoms with Crippen LogP contribution >= 0.6 is 0 Å². The molecule has 6 nitrogen and oxygen atoms in total. The lowest BCUT2D eigenvalue weighted by Gasteiger charge is -2.13. The Morgan fingerprint density at radius 2 is 1.52 bits per heavy atom. The first-order valence-electron chi connectivity index (χ1n) is 6.89. The van der Waals surface area contributed by atoms with Crippen molar-refractivity contribution in [3.63, 3.8) is 0 Å². The van der Waals surface area contributed by atoms with Crippen LogP contribution in [0, 0.1) is 37.8 Å². The number of hydrogen-bond acceptors (Lipinski definition) is 5. The molecule has 7 heteroatoms. The molecular weight excluding hydrogens is 318 g/mol. The van der Waals surface area contributed by atoms with Crippen LogP contribution < -0.4 is 4.18 Å². The van der Waals surface area contributed by atoms with Gasteiger partial charge in [0.15, 0.2) is 0 Å². The number of aryl methyl sites for hydroxylation is 4. The Bertz CT molecular complexity index is 864. The van der Waals surface area contributed by atoms with Crippen molar-refractivity contribution in [1.29, 1.82) is 0 Å². The number of rotatable bonds is 4. The van der Waals surface area contributed by atoms with E-state index in [2.05, 4.69) is 0 Å². The summed E-state index contributed by atoms with van der Waals surface area (Å²) in [5, 5.41) is 10.8. The lowest BCUT2D eigenvalue weighted by Crippen LogP contribution is -2.12. The Morgan fingerprint density at radius 3 is 2.00 bits per heavy atom. The topological polar surface area (TPSA) is 86.5 Å². The van der Waals surface area contributed by atoms with Crippen molar-refractivity contribution in [1.82, 2.24) is 0 Å². The first-order chi connectivity index (χ1) is 10.6. The molecule has 0 unspecified atom stereocenters. The zero-order valence-corrected chi connectivity index (χ0v) is 14.1. The number of hydrogen-bond donors (Lipinski definition) is 0. The van der Waals surface area contributed by atoms with Gasteiger partial charge in [0.05, 0.1) is 4.92 Å². The van der Waals surface area contributed by atoms with E-state index in [1.165, 1.54) is 25.1 Å². The summed E-state index contributed by atoms with van der Waals surface area (Å²) in [4.78, 5) is 10.2. The van der Waals surface area contributed by atoms with E-state index in [4.69, 9.17) is 4.18 Å². The van der Waals surface area contributed by atoms with Crippen LogP contribution in [0.2, 0.25) is 0 Å². The third-order valence-corrected chi connectivity index (χ3v) is 4.67. The normalized spacial score (nSPS) is 11.3. The Morgan fingerprint density at radius 1 is 0.957 bits per heavy atom. The Kier molecular flexibility index (Phi) is 4.42. The molecule has 0 amide bonds. The van der Waals surface area contributed by atoms with E-state index in [1.54, 1.807) is 13.8 Å².